The van der Waals surface area contributed by atoms with Crippen LogP contribution in [0.4, 0.5) is 10.8 Å². The second-order valence-corrected chi connectivity index (χ2v) is 5.67. The van der Waals surface area contributed by atoms with Crippen LogP contribution in [0, 0.1) is 13.8 Å². The van der Waals surface area contributed by atoms with Crippen molar-refractivity contribution in [3.63, 3.8) is 0 Å². The zero-order chi connectivity index (χ0) is 13.2. The Morgan fingerprint density at radius 2 is 1.79 bits per heavy atom. The van der Waals surface area contributed by atoms with Gasteiger partial charge in [0.1, 0.15) is 5.82 Å². The maximum absolute atomic E-state index is 4.46. The summed E-state index contributed by atoms with van der Waals surface area (Å²) >= 11 is 1.50. The quantitative estimate of drug-likeness (QED) is 0.842. The number of nitrogens with zero attached hydrogens (tertiary/aromatic N) is 4. The molecule has 0 bridgehead atoms. The molecule has 0 spiro atoms. The Hall–Kier alpha value is -1.62. The largest absolute Gasteiger partial charge is 0.368 e. The van der Waals surface area contributed by atoms with Gasteiger partial charge >= 0.3 is 0 Å². The third kappa shape index (κ3) is 2.71. The van der Waals surface area contributed by atoms with Crippen molar-refractivity contribution in [1.82, 2.24) is 9.36 Å². The molecule has 1 aromatic heterocycles. The molecule has 3 rings (SSSR count). The van der Waals surface area contributed by atoms with Gasteiger partial charge in [0.15, 0.2) is 0 Å². The van der Waals surface area contributed by atoms with Gasteiger partial charge < -0.3 is 9.80 Å². The molecule has 0 radical (unpaired) electrons. The van der Waals surface area contributed by atoms with Crippen LogP contribution in [0.2, 0.25) is 0 Å². The van der Waals surface area contributed by atoms with Gasteiger partial charge in [0.05, 0.1) is 0 Å². The summed E-state index contributed by atoms with van der Waals surface area (Å²) in [7, 11) is 0. The Morgan fingerprint density at radius 1 is 1.05 bits per heavy atom. The molecule has 1 aliphatic heterocycles. The Balaban J connectivity index is 1.66. The number of aryl methyl sites for hydroxylation is 2. The van der Waals surface area contributed by atoms with Crippen LogP contribution < -0.4 is 9.80 Å². The molecule has 0 saturated carbocycles. The van der Waals surface area contributed by atoms with E-state index in [1.807, 2.05) is 6.92 Å². The highest BCUT2D eigenvalue weighted by molar-refractivity contribution is 7.09. The number of rotatable bonds is 2. The van der Waals surface area contributed by atoms with Crippen LogP contribution >= 0.6 is 11.5 Å². The average Bonchev–Trinajstić information content (AvgIpc) is 2.86. The van der Waals surface area contributed by atoms with Crippen molar-refractivity contribution >= 4 is 22.4 Å². The van der Waals surface area contributed by atoms with Gasteiger partial charge in [0, 0.05) is 43.4 Å². The fourth-order valence-corrected chi connectivity index (χ4v) is 3.12. The molecule has 2 aromatic rings. The van der Waals surface area contributed by atoms with Crippen molar-refractivity contribution in [3.8, 4) is 0 Å². The molecule has 5 heteroatoms. The normalized spacial score (nSPS) is 15.9. The fraction of sp³-hybridized carbons (Fsp3) is 0.429. The number of benzene rings is 1. The molecule has 100 valence electrons. The highest BCUT2D eigenvalue weighted by Crippen LogP contribution is 2.22. The fourth-order valence-electron chi connectivity index (χ4n) is 2.40. The highest BCUT2D eigenvalue weighted by Gasteiger charge is 2.19. The summed E-state index contributed by atoms with van der Waals surface area (Å²) in [5, 5.41) is 1.06. The van der Waals surface area contributed by atoms with E-state index in [2.05, 4.69) is 50.3 Å². The molecule has 1 saturated heterocycles. The lowest BCUT2D eigenvalue weighted by molar-refractivity contribution is 0.651. The first kappa shape index (κ1) is 12.4. The zero-order valence-corrected chi connectivity index (χ0v) is 12.2. The van der Waals surface area contributed by atoms with Crippen molar-refractivity contribution in [2.24, 2.45) is 0 Å². The van der Waals surface area contributed by atoms with E-state index < -0.39 is 0 Å². The van der Waals surface area contributed by atoms with Crippen LogP contribution in [0.25, 0.3) is 0 Å². The maximum Gasteiger partial charge on any atom is 0.205 e. The summed E-state index contributed by atoms with van der Waals surface area (Å²) in [5.74, 6) is 0.876. The minimum Gasteiger partial charge on any atom is -0.368 e. The van der Waals surface area contributed by atoms with Gasteiger partial charge in [-0.25, -0.2) is 4.98 Å². The number of aromatic nitrogens is 2. The summed E-state index contributed by atoms with van der Waals surface area (Å²) in [6, 6.07) is 8.72. The van der Waals surface area contributed by atoms with E-state index >= 15 is 0 Å². The van der Waals surface area contributed by atoms with Crippen LogP contribution in [-0.2, 0) is 0 Å². The third-order valence-electron chi connectivity index (χ3n) is 3.43. The van der Waals surface area contributed by atoms with E-state index in [9.17, 15) is 0 Å². The van der Waals surface area contributed by atoms with Crippen LogP contribution in [0.3, 0.4) is 0 Å². The standard InChI is InChI=1S/C14H18N4S/c1-11-4-3-5-13(10-11)17-6-8-18(9-7-17)14-15-12(2)16-19-14/h3-5,10H,6-9H2,1-2H3. The Kier molecular flexibility index (Phi) is 3.38. The molecule has 4 nitrogen and oxygen atoms in total. The molecule has 0 unspecified atom stereocenters. The van der Waals surface area contributed by atoms with E-state index in [0.717, 1.165) is 37.1 Å². The van der Waals surface area contributed by atoms with Crippen LogP contribution in [0.15, 0.2) is 24.3 Å². The molecule has 0 N–H and O–H groups in total. The van der Waals surface area contributed by atoms with Gasteiger partial charge in [-0.1, -0.05) is 12.1 Å². The molecule has 2 heterocycles. The SMILES string of the molecule is Cc1cccc(N2CCN(c3nc(C)ns3)CC2)c1. The number of hydrogen-bond donors (Lipinski definition) is 0. The van der Waals surface area contributed by atoms with Crippen LogP contribution in [-0.4, -0.2) is 35.5 Å². The minimum absolute atomic E-state index is 0.876. The molecule has 0 atom stereocenters. The number of hydrogen-bond acceptors (Lipinski definition) is 5. The van der Waals surface area contributed by atoms with E-state index in [4.69, 9.17) is 0 Å². The van der Waals surface area contributed by atoms with Gasteiger partial charge in [0.2, 0.25) is 5.13 Å². The van der Waals surface area contributed by atoms with Crippen molar-refractivity contribution in [3.05, 3.63) is 35.7 Å². The summed E-state index contributed by atoms with van der Waals surface area (Å²) in [6.45, 7) is 8.21. The van der Waals surface area contributed by atoms with Crippen molar-refractivity contribution in [2.75, 3.05) is 36.0 Å². The first-order valence-electron chi connectivity index (χ1n) is 6.59. The minimum atomic E-state index is 0.876. The van der Waals surface area contributed by atoms with Gasteiger partial charge in [-0.05, 0) is 31.5 Å². The Labute approximate surface area is 117 Å². The van der Waals surface area contributed by atoms with Crippen molar-refractivity contribution in [2.45, 2.75) is 13.8 Å². The second kappa shape index (κ2) is 5.17. The Morgan fingerprint density at radius 3 is 2.42 bits per heavy atom. The van der Waals surface area contributed by atoms with Crippen molar-refractivity contribution in [1.29, 1.82) is 0 Å². The van der Waals surface area contributed by atoms with Crippen molar-refractivity contribution < 1.29 is 0 Å². The highest BCUT2D eigenvalue weighted by atomic mass is 32.1. The predicted molar refractivity (Wildman–Crippen MR) is 80.3 cm³/mol. The van der Waals surface area contributed by atoms with E-state index in [0.29, 0.717) is 0 Å². The second-order valence-electron chi connectivity index (χ2n) is 4.94. The monoisotopic (exact) mass is 274 g/mol. The lowest BCUT2D eigenvalue weighted by Gasteiger charge is -2.35. The van der Waals surface area contributed by atoms with E-state index in [1.165, 1.54) is 22.8 Å². The molecule has 0 aliphatic carbocycles. The molecule has 1 aliphatic rings. The number of anilines is 2. The van der Waals surface area contributed by atoms with Gasteiger partial charge in [0.25, 0.3) is 0 Å². The van der Waals surface area contributed by atoms with Gasteiger partial charge in [-0.3, -0.25) is 0 Å². The van der Waals surface area contributed by atoms with E-state index in [-0.39, 0.29) is 0 Å². The third-order valence-corrected chi connectivity index (χ3v) is 4.30. The molecule has 19 heavy (non-hydrogen) atoms. The van der Waals surface area contributed by atoms with Gasteiger partial charge in [-0.2, -0.15) is 4.37 Å². The summed E-state index contributed by atoms with van der Waals surface area (Å²) in [6.07, 6.45) is 0. The predicted octanol–water partition coefficient (Wildman–Crippen LogP) is 2.48. The lowest BCUT2D eigenvalue weighted by atomic mass is 10.2. The van der Waals surface area contributed by atoms with Crippen LogP contribution in [0.1, 0.15) is 11.4 Å². The first-order valence-corrected chi connectivity index (χ1v) is 7.36. The zero-order valence-electron chi connectivity index (χ0n) is 11.3. The summed E-state index contributed by atoms with van der Waals surface area (Å²) < 4.78 is 4.26. The smallest absolute Gasteiger partial charge is 0.205 e. The number of piperazine rings is 1. The molecule has 1 aromatic carbocycles. The summed E-state index contributed by atoms with van der Waals surface area (Å²) in [4.78, 5) is 9.23. The molecular formula is C14H18N4S. The van der Waals surface area contributed by atoms with E-state index in [1.54, 1.807) is 0 Å². The topological polar surface area (TPSA) is 32.3 Å². The molecule has 1 fully saturated rings. The molecular weight excluding hydrogens is 256 g/mol. The maximum atomic E-state index is 4.46. The molecule has 0 amide bonds. The average molecular weight is 274 g/mol. The van der Waals surface area contributed by atoms with Crippen LogP contribution in [0.5, 0.6) is 0 Å². The lowest BCUT2D eigenvalue weighted by Crippen LogP contribution is -2.46. The first-order chi connectivity index (χ1) is 9.22. The summed E-state index contributed by atoms with van der Waals surface area (Å²) in [5.41, 5.74) is 2.65. The van der Waals surface area contributed by atoms with Gasteiger partial charge in [-0.15, -0.1) is 0 Å². The Bertz CT molecular complexity index is 558.